The number of nitrogens with zero attached hydrogens (tertiary/aromatic N) is 5. The van der Waals surface area contributed by atoms with Crippen LogP contribution in [0.4, 0.5) is 20.2 Å². The molecule has 4 rings (SSSR count). The highest BCUT2D eigenvalue weighted by Gasteiger charge is 2.40. The molecule has 2 amide bonds. The number of ether oxygens (including phenoxy) is 3. The number of Topliss-reactive ketones (excluding diaryl/α,β-unsaturated/α-hetero) is 1. The van der Waals surface area contributed by atoms with E-state index in [1.165, 1.54) is 27.9 Å². The van der Waals surface area contributed by atoms with Crippen LogP contribution in [0.1, 0.15) is 39.7 Å². The van der Waals surface area contributed by atoms with E-state index in [4.69, 9.17) is 14.2 Å². The van der Waals surface area contributed by atoms with E-state index in [1.807, 2.05) is 37.3 Å². The molecule has 228 valence electrons. The van der Waals surface area contributed by atoms with Gasteiger partial charge in [0.25, 0.3) is 0 Å². The number of likely N-dealkylation sites (tertiary alicyclic amines) is 1. The molecule has 0 bridgehead atoms. The van der Waals surface area contributed by atoms with Crippen LogP contribution in [0.15, 0.2) is 61.4 Å². The van der Waals surface area contributed by atoms with Crippen molar-refractivity contribution in [2.24, 2.45) is 11.8 Å². The van der Waals surface area contributed by atoms with Gasteiger partial charge in [-0.15, -0.1) is 0 Å². The average Bonchev–Trinajstić information content (AvgIpc) is 3.61. The van der Waals surface area contributed by atoms with Crippen molar-refractivity contribution in [1.29, 1.82) is 0 Å². The first kappa shape index (κ1) is 31.2. The van der Waals surface area contributed by atoms with Crippen LogP contribution in [0, 0.1) is 11.8 Å². The lowest BCUT2D eigenvalue weighted by Crippen LogP contribution is -2.43. The standard InChI is InChI=1S/C31H37N5O7/c1-6-15-41-29(39)35-14-13-24-27(35)32-16-26(33-24)36(30(40)43-31(3,4)5)19-25(37)23-18-34(17-22(23)7-2)28(38)42-20-21-11-9-8-10-12-21/h6,8-14,16,22-23H,1,7,15,17-20H2,2-5H3/t22-,23+/m1/s1. The molecule has 1 aromatic carbocycles. The van der Waals surface area contributed by atoms with Gasteiger partial charge in [0, 0.05) is 25.2 Å². The van der Waals surface area contributed by atoms with Crippen molar-refractivity contribution in [1.82, 2.24) is 19.4 Å². The lowest BCUT2D eigenvalue weighted by atomic mass is 9.90. The molecule has 0 saturated carbocycles. The summed E-state index contributed by atoms with van der Waals surface area (Å²) in [6.07, 6.45) is 2.94. The minimum atomic E-state index is -0.841. The first-order valence-corrected chi connectivity index (χ1v) is 14.1. The summed E-state index contributed by atoms with van der Waals surface area (Å²) in [4.78, 5) is 63.8. The summed E-state index contributed by atoms with van der Waals surface area (Å²) in [5, 5.41) is 0. The number of aromatic nitrogens is 3. The molecule has 1 fully saturated rings. The molecule has 0 radical (unpaired) electrons. The van der Waals surface area contributed by atoms with E-state index in [2.05, 4.69) is 16.5 Å². The SMILES string of the molecule is C=CCOC(=O)n1ccc2nc(N(CC(=O)[C@H]3CN(C(=O)OCc4ccccc4)C[C@H]3CC)C(=O)OC(C)(C)C)cnc21. The van der Waals surface area contributed by atoms with Crippen LogP contribution >= 0.6 is 0 Å². The number of carbonyl (C=O) groups is 4. The molecule has 12 nitrogen and oxygen atoms in total. The summed E-state index contributed by atoms with van der Waals surface area (Å²) < 4.78 is 17.4. The fourth-order valence-electron chi connectivity index (χ4n) is 4.82. The van der Waals surface area contributed by atoms with E-state index in [0.29, 0.717) is 18.5 Å². The molecule has 0 aliphatic carbocycles. The lowest BCUT2D eigenvalue weighted by molar-refractivity contribution is -0.122. The van der Waals surface area contributed by atoms with E-state index in [0.717, 1.165) is 10.5 Å². The van der Waals surface area contributed by atoms with Crippen LogP contribution in [0.5, 0.6) is 0 Å². The van der Waals surface area contributed by atoms with Crippen molar-refractivity contribution in [3.63, 3.8) is 0 Å². The van der Waals surface area contributed by atoms with E-state index >= 15 is 0 Å². The zero-order valence-electron chi connectivity index (χ0n) is 24.9. The van der Waals surface area contributed by atoms with Gasteiger partial charge in [0.15, 0.2) is 17.2 Å². The third-order valence-corrected chi connectivity index (χ3v) is 6.94. The van der Waals surface area contributed by atoms with Crippen molar-refractivity contribution in [2.75, 3.05) is 31.1 Å². The molecule has 1 aliphatic rings. The molecule has 3 heterocycles. The van der Waals surface area contributed by atoms with Crippen LogP contribution < -0.4 is 4.90 Å². The molecule has 1 aliphatic heterocycles. The molecule has 2 aromatic heterocycles. The summed E-state index contributed by atoms with van der Waals surface area (Å²) >= 11 is 0. The van der Waals surface area contributed by atoms with E-state index in [9.17, 15) is 19.2 Å². The second-order valence-corrected chi connectivity index (χ2v) is 11.2. The Bertz CT molecular complexity index is 1480. The minimum Gasteiger partial charge on any atom is -0.445 e. The highest BCUT2D eigenvalue weighted by molar-refractivity contribution is 5.97. The Morgan fingerprint density at radius 2 is 1.81 bits per heavy atom. The smallest absolute Gasteiger partial charge is 0.420 e. The Labute approximate surface area is 250 Å². The summed E-state index contributed by atoms with van der Waals surface area (Å²) in [5.41, 5.74) is 0.561. The average molecular weight is 592 g/mol. The fraction of sp³-hybridized carbons (Fsp3) is 0.419. The quantitative estimate of drug-likeness (QED) is 0.243. The van der Waals surface area contributed by atoms with Crippen LogP contribution in [-0.4, -0.2) is 75.3 Å². The number of hydrogen-bond acceptors (Lipinski definition) is 9. The molecular formula is C31H37N5O7. The second kappa shape index (κ2) is 13.5. The second-order valence-electron chi connectivity index (χ2n) is 11.2. The molecule has 43 heavy (non-hydrogen) atoms. The largest absolute Gasteiger partial charge is 0.445 e. The van der Waals surface area contributed by atoms with Gasteiger partial charge < -0.3 is 19.1 Å². The van der Waals surface area contributed by atoms with Gasteiger partial charge in [-0.05, 0) is 38.3 Å². The Balaban J connectivity index is 1.52. The van der Waals surface area contributed by atoms with Crippen molar-refractivity contribution in [3.05, 3.63) is 67.0 Å². The molecule has 0 unspecified atom stereocenters. The van der Waals surface area contributed by atoms with Crippen LogP contribution in [0.2, 0.25) is 0 Å². The molecule has 0 spiro atoms. The van der Waals surface area contributed by atoms with Gasteiger partial charge in [0.1, 0.15) is 24.3 Å². The Morgan fingerprint density at radius 1 is 1.07 bits per heavy atom. The van der Waals surface area contributed by atoms with Crippen molar-refractivity contribution >= 4 is 41.0 Å². The van der Waals surface area contributed by atoms with Gasteiger partial charge >= 0.3 is 18.3 Å². The molecular weight excluding hydrogens is 554 g/mol. The van der Waals surface area contributed by atoms with Crippen LogP contribution in [0.25, 0.3) is 11.2 Å². The normalized spacial score (nSPS) is 16.5. The monoisotopic (exact) mass is 591 g/mol. The highest BCUT2D eigenvalue weighted by atomic mass is 16.6. The van der Waals surface area contributed by atoms with Crippen molar-refractivity contribution in [2.45, 2.75) is 46.3 Å². The predicted molar refractivity (Wildman–Crippen MR) is 159 cm³/mol. The first-order valence-electron chi connectivity index (χ1n) is 14.1. The molecule has 2 atom stereocenters. The third kappa shape index (κ3) is 7.76. The van der Waals surface area contributed by atoms with Crippen molar-refractivity contribution < 1.29 is 33.4 Å². The maximum Gasteiger partial charge on any atom is 0.420 e. The Kier molecular flexibility index (Phi) is 9.79. The third-order valence-electron chi connectivity index (χ3n) is 6.94. The van der Waals surface area contributed by atoms with Gasteiger partial charge in [-0.25, -0.2) is 28.9 Å². The van der Waals surface area contributed by atoms with E-state index in [1.54, 1.807) is 26.8 Å². The van der Waals surface area contributed by atoms with Gasteiger partial charge in [-0.3, -0.25) is 9.69 Å². The fourth-order valence-corrected chi connectivity index (χ4v) is 4.82. The lowest BCUT2D eigenvalue weighted by Gasteiger charge is -2.27. The maximum absolute atomic E-state index is 13.7. The van der Waals surface area contributed by atoms with Gasteiger partial charge in [-0.2, -0.15) is 0 Å². The summed E-state index contributed by atoms with van der Waals surface area (Å²) in [6.45, 7) is 11.0. The molecule has 3 aromatic rings. The number of anilines is 1. The minimum absolute atomic E-state index is 0.0284. The summed E-state index contributed by atoms with van der Waals surface area (Å²) in [5.74, 6) is -0.793. The van der Waals surface area contributed by atoms with Crippen molar-refractivity contribution in [3.8, 4) is 0 Å². The van der Waals surface area contributed by atoms with E-state index < -0.39 is 29.8 Å². The van der Waals surface area contributed by atoms with Gasteiger partial charge in [-0.1, -0.05) is 56.3 Å². The zero-order valence-corrected chi connectivity index (χ0v) is 24.9. The van der Waals surface area contributed by atoms with Crippen LogP contribution in [0.3, 0.4) is 0 Å². The number of benzene rings is 1. The number of hydrogen-bond donors (Lipinski definition) is 0. The molecule has 0 N–H and O–H groups in total. The highest BCUT2D eigenvalue weighted by Crippen LogP contribution is 2.29. The van der Waals surface area contributed by atoms with E-state index in [-0.39, 0.29) is 49.5 Å². The number of ketones is 1. The maximum atomic E-state index is 13.7. The molecule has 1 saturated heterocycles. The topological polar surface area (TPSA) is 133 Å². The van der Waals surface area contributed by atoms with Crippen LogP contribution in [-0.2, 0) is 25.6 Å². The predicted octanol–water partition coefficient (Wildman–Crippen LogP) is 5.21. The number of fused-ring (bicyclic) bond motifs is 1. The summed E-state index contributed by atoms with van der Waals surface area (Å²) in [7, 11) is 0. The molecule has 12 heteroatoms. The summed E-state index contributed by atoms with van der Waals surface area (Å²) in [6, 6.07) is 10.9. The zero-order chi connectivity index (χ0) is 31.1. The Hall–Kier alpha value is -4.74. The van der Waals surface area contributed by atoms with Gasteiger partial charge in [0.05, 0.1) is 12.7 Å². The number of rotatable bonds is 9. The Morgan fingerprint density at radius 3 is 2.49 bits per heavy atom. The number of carbonyl (C=O) groups excluding carboxylic acids is 4. The van der Waals surface area contributed by atoms with Gasteiger partial charge in [0.2, 0.25) is 0 Å². The number of amides is 2. The first-order chi connectivity index (χ1) is 20.5.